The fourth-order valence-corrected chi connectivity index (χ4v) is 1.67. The Morgan fingerprint density at radius 3 is 2.33 bits per heavy atom. The summed E-state index contributed by atoms with van der Waals surface area (Å²) in [4.78, 5) is 11.9. The Hall–Kier alpha value is -2.55. The molecule has 0 saturated heterocycles. The van der Waals surface area contributed by atoms with Gasteiger partial charge in [0.05, 0.1) is 11.3 Å². The molecule has 0 fully saturated rings. The molecule has 0 saturated carbocycles. The zero-order chi connectivity index (χ0) is 15.1. The first-order valence-corrected chi connectivity index (χ1v) is 6.81. The highest BCUT2D eigenvalue weighted by Crippen LogP contribution is 2.15. The minimum atomic E-state index is -0.357. The predicted molar refractivity (Wildman–Crippen MR) is 82.1 cm³/mol. The van der Waals surface area contributed by atoms with Crippen LogP contribution in [0.25, 0.3) is 0 Å². The molecule has 0 aliphatic heterocycles. The van der Waals surface area contributed by atoms with Gasteiger partial charge in [-0.15, -0.1) is 0 Å². The molecule has 0 spiro atoms. The molecule has 0 aliphatic carbocycles. The molecule has 0 heterocycles. The molecule has 3 nitrogen and oxygen atoms in total. The van der Waals surface area contributed by atoms with E-state index in [0.717, 1.165) is 11.3 Å². The van der Waals surface area contributed by atoms with Crippen LogP contribution in [-0.4, -0.2) is 5.97 Å². The third kappa shape index (κ3) is 4.49. The molecule has 0 unspecified atom stereocenters. The van der Waals surface area contributed by atoms with Crippen molar-refractivity contribution in [3.8, 4) is 5.75 Å². The lowest BCUT2D eigenvalue weighted by molar-refractivity contribution is 0.0734. The topological polar surface area (TPSA) is 35.5 Å². The summed E-state index contributed by atoms with van der Waals surface area (Å²) in [6, 6.07) is 16.2. The van der Waals surface area contributed by atoms with E-state index < -0.39 is 0 Å². The van der Waals surface area contributed by atoms with Crippen molar-refractivity contribution in [3.63, 3.8) is 0 Å². The first-order valence-electron chi connectivity index (χ1n) is 6.81. The van der Waals surface area contributed by atoms with Crippen molar-refractivity contribution in [2.24, 2.45) is 0 Å². The van der Waals surface area contributed by atoms with Crippen LogP contribution in [0.1, 0.15) is 29.8 Å². The third-order valence-electron chi connectivity index (χ3n) is 3.02. The van der Waals surface area contributed by atoms with E-state index in [0.29, 0.717) is 17.9 Å². The van der Waals surface area contributed by atoms with Crippen LogP contribution in [0.15, 0.2) is 66.4 Å². The average molecular weight is 282 g/mol. The van der Waals surface area contributed by atoms with E-state index >= 15 is 0 Å². The van der Waals surface area contributed by atoms with Crippen molar-refractivity contribution in [1.82, 2.24) is 0 Å². The molecule has 0 aliphatic rings. The van der Waals surface area contributed by atoms with Gasteiger partial charge in [0.1, 0.15) is 12.4 Å². The molecule has 0 N–H and O–H groups in total. The number of hydrogen-bond donors (Lipinski definition) is 0. The lowest BCUT2D eigenvalue weighted by Gasteiger charge is -2.07. The monoisotopic (exact) mass is 282 g/mol. The molecule has 108 valence electrons. The van der Waals surface area contributed by atoms with Crippen LogP contribution < -0.4 is 4.74 Å². The second-order valence-corrected chi connectivity index (χ2v) is 4.59. The molecule has 0 bridgehead atoms. The highest BCUT2D eigenvalue weighted by Gasteiger charge is 2.07. The molecule has 0 amide bonds. The number of hydrogen-bond acceptors (Lipinski definition) is 3. The Morgan fingerprint density at radius 2 is 1.71 bits per heavy atom. The highest BCUT2D eigenvalue weighted by atomic mass is 16.5. The minimum Gasteiger partial charge on any atom is -0.494 e. The molecular weight excluding hydrogens is 264 g/mol. The van der Waals surface area contributed by atoms with Gasteiger partial charge < -0.3 is 9.47 Å². The summed E-state index contributed by atoms with van der Waals surface area (Å²) in [7, 11) is 0. The van der Waals surface area contributed by atoms with Crippen molar-refractivity contribution in [2.45, 2.75) is 20.5 Å². The largest absolute Gasteiger partial charge is 0.494 e. The molecule has 2 aromatic rings. The van der Waals surface area contributed by atoms with E-state index in [2.05, 4.69) is 0 Å². The summed E-state index contributed by atoms with van der Waals surface area (Å²) in [6.45, 7) is 4.35. The van der Waals surface area contributed by atoms with E-state index in [-0.39, 0.29) is 5.97 Å². The summed E-state index contributed by atoms with van der Waals surface area (Å²) in [6.07, 6.45) is 1.91. The quantitative estimate of drug-likeness (QED) is 0.465. The number of rotatable bonds is 5. The van der Waals surface area contributed by atoms with E-state index in [1.54, 1.807) is 36.4 Å². The Labute approximate surface area is 124 Å². The maximum absolute atomic E-state index is 11.9. The van der Waals surface area contributed by atoms with Crippen LogP contribution in [0.4, 0.5) is 0 Å². The number of ether oxygens (including phenoxy) is 2. The van der Waals surface area contributed by atoms with E-state index in [9.17, 15) is 4.79 Å². The maximum Gasteiger partial charge on any atom is 0.343 e. The molecule has 2 aromatic carbocycles. The van der Waals surface area contributed by atoms with Gasteiger partial charge in [0.25, 0.3) is 0 Å². The van der Waals surface area contributed by atoms with Gasteiger partial charge in [0.2, 0.25) is 0 Å². The Balaban J connectivity index is 1.95. The lowest BCUT2D eigenvalue weighted by Crippen LogP contribution is -2.08. The number of esters is 1. The van der Waals surface area contributed by atoms with Crippen LogP contribution in [0.5, 0.6) is 5.75 Å². The molecular formula is C18H18O3. The van der Waals surface area contributed by atoms with E-state index in [1.165, 1.54) is 0 Å². The zero-order valence-electron chi connectivity index (χ0n) is 12.2. The van der Waals surface area contributed by atoms with Gasteiger partial charge in [0.15, 0.2) is 0 Å². The second-order valence-electron chi connectivity index (χ2n) is 4.59. The number of benzene rings is 2. The summed E-state index contributed by atoms with van der Waals surface area (Å²) < 4.78 is 10.8. The second kappa shape index (κ2) is 7.29. The highest BCUT2D eigenvalue weighted by molar-refractivity contribution is 5.90. The Morgan fingerprint density at radius 1 is 1.05 bits per heavy atom. The summed E-state index contributed by atoms with van der Waals surface area (Å²) in [5.74, 6) is 1.05. The molecule has 0 atom stereocenters. The van der Waals surface area contributed by atoms with Gasteiger partial charge in [-0.25, -0.2) is 4.79 Å². The number of carbonyl (C=O) groups excluding carboxylic acids is 1. The Bertz CT molecular complexity index is 613. The summed E-state index contributed by atoms with van der Waals surface area (Å²) >= 11 is 0. The van der Waals surface area contributed by atoms with Gasteiger partial charge in [-0.3, -0.25) is 0 Å². The standard InChI is InChI=1S/C18H18O3/c1-3-14(2)20-13-15-9-11-17(12-10-15)21-18(19)16-7-5-4-6-8-16/h3-12H,13H2,1-2H3/b14-3-. The fraction of sp³-hybridized carbons (Fsp3) is 0.167. The van der Waals surface area contributed by atoms with E-state index in [4.69, 9.17) is 9.47 Å². The van der Waals surface area contributed by atoms with Gasteiger partial charge in [-0.1, -0.05) is 30.3 Å². The Kier molecular flexibility index (Phi) is 5.16. The van der Waals surface area contributed by atoms with Crippen molar-refractivity contribution in [3.05, 3.63) is 77.6 Å². The minimum absolute atomic E-state index is 0.357. The van der Waals surface area contributed by atoms with Crippen molar-refractivity contribution < 1.29 is 14.3 Å². The van der Waals surface area contributed by atoms with Gasteiger partial charge in [-0.05, 0) is 49.8 Å². The van der Waals surface area contributed by atoms with Crippen LogP contribution >= 0.6 is 0 Å². The van der Waals surface area contributed by atoms with Gasteiger partial charge in [0, 0.05) is 0 Å². The smallest absolute Gasteiger partial charge is 0.343 e. The third-order valence-corrected chi connectivity index (χ3v) is 3.02. The average Bonchev–Trinajstić information content (AvgIpc) is 2.54. The molecule has 0 radical (unpaired) electrons. The first-order chi connectivity index (χ1) is 10.2. The maximum atomic E-state index is 11.9. The normalized spacial score (nSPS) is 11.0. The van der Waals surface area contributed by atoms with Gasteiger partial charge >= 0.3 is 5.97 Å². The molecule has 21 heavy (non-hydrogen) atoms. The van der Waals surface area contributed by atoms with Crippen molar-refractivity contribution >= 4 is 5.97 Å². The first kappa shape index (κ1) is 14.9. The zero-order valence-corrected chi connectivity index (χ0v) is 12.2. The summed E-state index contributed by atoms with van der Waals surface area (Å²) in [5, 5.41) is 0. The summed E-state index contributed by atoms with van der Waals surface area (Å²) in [5.41, 5.74) is 1.56. The van der Waals surface area contributed by atoms with Crippen LogP contribution in [0.2, 0.25) is 0 Å². The van der Waals surface area contributed by atoms with E-state index in [1.807, 2.05) is 38.1 Å². The number of carbonyl (C=O) groups is 1. The van der Waals surface area contributed by atoms with Crippen molar-refractivity contribution in [2.75, 3.05) is 0 Å². The molecule has 0 aromatic heterocycles. The lowest BCUT2D eigenvalue weighted by atomic mass is 10.2. The molecule has 2 rings (SSSR count). The van der Waals surface area contributed by atoms with Crippen molar-refractivity contribution in [1.29, 1.82) is 0 Å². The molecule has 3 heteroatoms. The van der Waals surface area contributed by atoms with Crippen LogP contribution in [-0.2, 0) is 11.3 Å². The van der Waals surface area contributed by atoms with Crippen LogP contribution in [0, 0.1) is 0 Å². The number of allylic oxidation sites excluding steroid dienone is 2. The fourth-order valence-electron chi connectivity index (χ4n) is 1.67. The van der Waals surface area contributed by atoms with Crippen LogP contribution in [0.3, 0.4) is 0 Å². The van der Waals surface area contributed by atoms with Gasteiger partial charge in [-0.2, -0.15) is 0 Å². The SMILES string of the molecule is C/C=C(/C)OCc1ccc(OC(=O)c2ccccc2)cc1. The predicted octanol–water partition coefficient (Wildman–Crippen LogP) is 4.35.